The third kappa shape index (κ3) is 3.44. The maximum atomic E-state index is 12.0. The molecule has 1 amide bonds. The molecule has 0 radical (unpaired) electrons. The number of amides is 1. The highest BCUT2D eigenvalue weighted by Gasteiger charge is 2.16. The minimum absolute atomic E-state index is 0.0401. The van der Waals surface area contributed by atoms with Crippen LogP contribution in [0.2, 0.25) is 0 Å². The molecule has 0 saturated heterocycles. The maximum absolute atomic E-state index is 12.0. The number of hydrogen-bond donors (Lipinski definition) is 2. The second kappa shape index (κ2) is 6.02. The summed E-state index contributed by atoms with van der Waals surface area (Å²) < 4.78 is 0.483. The lowest BCUT2D eigenvalue weighted by atomic mass is 10.2. The molecule has 2 aromatic rings. The van der Waals surface area contributed by atoms with Crippen LogP contribution in [0.25, 0.3) is 0 Å². The molecule has 9 heteroatoms. The number of nitro benzene ring substituents is 1. The number of benzene rings is 1. The summed E-state index contributed by atoms with van der Waals surface area (Å²) in [6, 6.07) is 6.67. The lowest BCUT2D eigenvalue weighted by Gasteiger charge is -2.05. The number of thiophene rings is 1. The number of hydrogen-bond acceptors (Lipinski definition) is 5. The molecule has 2 rings (SSSR count). The number of nitro groups is 1. The lowest BCUT2D eigenvalue weighted by molar-refractivity contribution is -0.384. The standard InChI is InChI=1S/C12H7BrN2O5S/c13-7-2-1-6(15(19)20)5-8(7)14-11(16)9-3-4-10(21-9)12(17)18/h1-5H,(H,14,16)(H,17,18). The molecule has 0 aliphatic carbocycles. The summed E-state index contributed by atoms with van der Waals surface area (Å²) in [5.74, 6) is -1.65. The number of carbonyl (C=O) groups excluding carboxylic acids is 1. The fourth-order valence-corrected chi connectivity index (χ4v) is 2.57. The van der Waals surface area contributed by atoms with Gasteiger partial charge in [-0.05, 0) is 34.1 Å². The summed E-state index contributed by atoms with van der Waals surface area (Å²) >= 11 is 4.00. The molecule has 0 atom stereocenters. The Hall–Kier alpha value is -2.26. The molecule has 1 aromatic heterocycles. The predicted molar refractivity (Wildman–Crippen MR) is 80.0 cm³/mol. The number of nitrogens with one attached hydrogen (secondary N) is 1. The molecule has 108 valence electrons. The van der Waals surface area contributed by atoms with Crippen LogP contribution in [-0.2, 0) is 0 Å². The average Bonchev–Trinajstić information content (AvgIpc) is 2.90. The minimum atomic E-state index is -1.12. The van der Waals surface area contributed by atoms with Crippen molar-refractivity contribution in [3.8, 4) is 0 Å². The van der Waals surface area contributed by atoms with Crippen LogP contribution in [-0.4, -0.2) is 21.9 Å². The van der Waals surface area contributed by atoms with Gasteiger partial charge < -0.3 is 10.4 Å². The number of aromatic carboxylic acids is 1. The normalized spacial score (nSPS) is 10.1. The fraction of sp³-hybridized carbons (Fsp3) is 0. The van der Waals surface area contributed by atoms with E-state index >= 15 is 0 Å². The first-order chi connectivity index (χ1) is 9.88. The van der Waals surface area contributed by atoms with Gasteiger partial charge in [0.1, 0.15) is 4.88 Å². The summed E-state index contributed by atoms with van der Waals surface area (Å²) in [7, 11) is 0. The molecule has 0 bridgehead atoms. The Balaban J connectivity index is 2.24. The molecule has 0 fully saturated rings. The zero-order chi connectivity index (χ0) is 15.6. The van der Waals surface area contributed by atoms with E-state index in [0.717, 1.165) is 11.3 Å². The second-order valence-corrected chi connectivity index (χ2v) is 5.78. The molecule has 7 nitrogen and oxygen atoms in total. The van der Waals surface area contributed by atoms with E-state index in [2.05, 4.69) is 21.2 Å². The fourth-order valence-electron chi connectivity index (χ4n) is 1.48. The Morgan fingerprint density at radius 1 is 1.24 bits per heavy atom. The molecule has 1 heterocycles. The monoisotopic (exact) mass is 370 g/mol. The highest BCUT2D eigenvalue weighted by Crippen LogP contribution is 2.28. The number of halogens is 1. The maximum Gasteiger partial charge on any atom is 0.345 e. The van der Waals surface area contributed by atoms with Crippen molar-refractivity contribution < 1.29 is 19.6 Å². The van der Waals surface area contributed by atoms with Gasteiger partial charge in [-0.15, -0.1) is 11.3 Å². The summed E-state index contributed by atoms with van der Waals surface area (Å²) in [5.41, 5.74) is 0.0744. The van der Waals surface area contributed by atoms with Crippen molar-refractivity contribution in [2.24, 2.45) is 0 Å². The minimum Gasteiger partial charge on any atom is -0.477 e. The zero-order valence-electron chi connectivity index (χ0n) is 10.2. The van der Waals surface area contributed by atoms with Crippen LogP contribution in [0.4, 0.5) is 11.4 Å². The topological polar surface area (TPSA) is 110 Å². The van der Waals surface area contributed by atoms with Crippen molar-refractivity contribution in [1.82, 2.24) is 0 Å². The van der Waals surface area contributed by atoms with E-state index < -0.39 is 16.8 Å². The Labute approximate surface area is 130 Å². The van der Waals surface area contributed by atoms with Crippen molar-refractivity contribution in [2.75, 3.05) is 5.32 Å². The first-order valence-corrected chi connectivity index (χ1v) is 7.08. The van der Waals surface area contributed by atoms with E-state index in [9.17, 15) is 19.7 Å². The average molecular weight is 371 g/mol. The molecule has 21 heavy (non-hydrogen) atoms. The van der Waals surface area contributed by atoms with Gasteiger partial charge in [-0.1, -0.05) is 0 Å². The smallest absolute Gasteiger partial charge is 0.345 e. The van der Waals surface area contributed by atoms with Crippen molar-refractivity contribution in [3.63, 3.8) is 0 Å². The molecule has 0 aliphatic rings. The van der Waals surface area contributed by atoms with Gasteiger partial charge in [0, 0.05) is 16.6 Å². The largest absolute Gasteiger partial charge is 0.477 e. The molecular weight excluding hydrogens is 364 g/mol. The summed E-state index contributed by atoms with van der Waals surface area (Å²) in [6.07, 6.45) is 0. The Morgan fingerprint density at radius 2 is 1.90 bits per heavy atom. The van der Waals surface area contributed by atoms with E-state index in [4.69, 9.17) is 5.11 Å². The summed E-state index contributed by atoms with van der Waals surface area (Å²) in [6.45, 7) is 0. The van der Waals surface area contributed by atoms with E-state index in [1.807, 2.05) is 0 Å². The quantitative estimate of drug-likeness (QED) is 0.633. The van der Waals surface area contributed by atoms with Crippen LogP contribution in [0, 0.1) is 10.1 Å². The van der Waals surface area contributed by atoms with Gasteiger partial charge in [-0.3, -0.25) is 14.9 Å². The highest BCUT2D eigenvalue weighted by atomic mass is 79.9. The number of nitrogens with zero attached hydrogens (tertiary/aromatic N) is 1. The van der Waals surface area contributed by atoms with Gasteiger partial charge in [0.25, 0.3) is 11.6 Å². The Bertz CT molecular complexity index is 743. The first-order valence-electron chi connectivity index (χ1n) is 5.47. The molecule has 2 N–H and O–H groups in total. The van der Waals surface area contributed by atoms with Gasteiger partial charge in [0.05, 0.1) is 15.5 Å². The van der Waals surface area contributed by atoms with Crippen molar-refractivity contribution >= 4 is 50.5 Å². The predicted octanol–water partition coefficient (Wildman–Crippen LogP) is 3.37. The Kier molecular flexibility index (Phi) is 4.34. The molecule has 0 saturated carbocycles. The Morgan fingerprint density at radius 3 is 2.48 bits per heavy atom. The van der Waals surface area contributed by atoms with E-state index in [0.29, 0.717) is 4.47 Å². The number of anilines is 1. The van der Waals surface area contributed by atoms with Gasteiger partial charge in [-0.25, -0.2) is 4.79 Å². The number of carboxylic acids is 1. The van der Waals surface area contributed by atoms with E-state index in [1.165, 1.54) is 30.3 Å². The highest BCUT2D eigenvalue weighted by molar-refractivity contribution is 9.10. The van der Waals surface area contributed by atoms with Gasteiger partial charge >= 0.3 is 5.97 Å². The number of non-ortho nitro benzene ring substituents is 1. The zero-order valence-corrected chi connectivity index (χ0v) is 12.6. The van der Waals surface area contributed by atoms with Crippen molar-refractivity contribution in [3.05, 3.63) is 54.7 Å². The molecule has 0 unspecified atom stereocenters. The van der Waals surface area contributed by atoms with Crippen molar-refractivity contribution in [2.45, 2.75) is 0 Å². The van der Waals surface area contributed by atoms with Crippen LogP contribution in [0.1, 0.15) is 19.3 Å². The SMILES string of the molecule is O=C(O)c1ccc(C(=O)Nc2cc([N+](=O)[O-])ccc2Br)s1. The van der Waals surface area contributed by atoms with Crippen molar-refractivity contribution in [1.29, 1.82) is 0 Å². The number of carbonyl (C=O) groups is 2. The van der Waals surface area contributed by atoms with Crippen LogP contribution in [0.15, 0.2) is 34.8 Å². The van der Waals surface area contributed by atoms with Crippen LogP contribution in [0.5, 0.6) is 0 Å². The van der Waals surface area contributed by atoms with Crippen LogP contribution < -0.4 is 5.32 Å². The number of rotatable bonds is 4. The molecular formula is C12H7BrN2O5S. The molecule has 0 spiro atoms. The second-order valence-electron chi connectivity index (χ2n) is 3.84. The molecule has 0 aliphatic heterocycles. The molecule has 1 aromatic carbocycles. The van der Waals surface area contributed by atoms with Gasteiger partial charge in [0.15, 0.2) is 0 Å². The van der Waals surface area contributed by atoms with Gasteiger partial charge in [0.2, 0.25) is 0 Å². The summed E-state index contributed by atoms with van der Waals surface area (Å²) in [5, 5.41) is 22.0. The lowest BCUT2D eigenvalue weighted by Crippen LogP contribution is -2.10. The van der Waals surface area contributed by atoms with Gasteiger partial charge in [-0.2, -0.15) is 0 Å². The van der Waals surface area contributed by atoms with E-state index in [-0.39, 0.29) is 21.1 Å². The number of carboxylic acid groups (broad SMARTS) is 1. The third-order valence-corrected chi connectivity index (χ3v) is 4.21. The first kappa shape index (κ1) is 15.1. The van der Waals surface area contributed by atoms with E-state index in [1.54, 1.807) is 0 Å². The third-order valence-electron chi connectivity index (χ3n) is 2.45. The van der Waals surface area contributed by atoms with Crippen LogP contribution >= 0.6 is 27.3 Å². The van der Waals surface area contributed by atoms with Crippen LogP contribution in [0.3, 0.4) is 0 Å². The summed E-state index contributed by atoms with van der Waals surface area (Å²) in [4.78, 5) is 33.1.